The van der Waals surface area contributed by atoms with Crippen LogP contribution in [0.25, 0.3) is 0 Å². The molecule has 0 saturated heterocycles. The summed E-state index contributed by atoms with van der Waals surface area (Å²) in [5, 5.41) is 9.09. The van der Waals surface area contributed by atoms with E-state index in [0.29, 0.717) is 24.7 Å². The molecule has 5 nitrogen and oxygen atoms in total. The van der Waals surface area contributed by atoms with Crippen LogP contribution in [0.2, 0.25) is 0 Å². The fourth-order valence-corrected chi connectivity index (χ4v) is 6.31. The predicted molar refractivity (Wildman–Crippen MR) is 91.8 cm³/mol. The molecule has 0 aromatic rings. The van der Waals surface area contributed by atoms with Gasteiger partial charge in [-0.25, -0.2) is 0 Å². The van der Waals surface area contributed by atoms with Crippen LogP contribution in [0, 0.1) is 28.6 Å². The highest BCUT2D eigenvalue weighted by atomic mass is 16.5. The van der Waals surface area contributed by atoms with Gasteiger partial charge in [0.25, 0.3) is 0 Å². The molecule has 3 aliphatic rings. The molecular weight excluding hydrogens is 320 g/mol. The first-order valence-electron chi connectivity index (χ1n) is 9.61. The van der Waals surface area contributed by atoms with Gasteiger partial charge in [-0.1, -0.05) is 13.8 Å². The summed E-state index contributed by atoms with van der Waals surface area (Å²) in [7, 11) is 0. The minimum Gasteiger partial charge on any atom is -0.481 e. The van der Waals surface area contributed by atoms with Crippen molar-refractivity contribution in [2.45, 2.75) is 78.2 Å². The molecule has 3 aliphatic carbocycles. The van der Waals surface area contributed by atoms with Crippen LogP contribution < -0.4 is 0 Å². The summed E-state index contributed by atoms with van der Waals surface area (Å²) < 4.78 is 5.63. The molecule has 3 fully saturated rings. The smallest absolute Gasteiger partial charge is 0.303 e. The Morgan fingerprint density at radius 3 is 2.52 bits per heavy atom. The number of carboxylic acid groups (broad SMARTS) is 1. The number of fused-ring (bicyclic) bond motifs is 3. The fraction of sp³-hybridized carbons (Fsp3) is 0.850. The largest absolute Gasteiger partial charge is 0.481 e. The Labute approximate surface area is 149 Å². The molecule has 0 heterocycles. The number of hydrogen-bond donors (Lipinski definition) is 1. The Bertz CT molecular complexity index is 585. The van der Waals surface area contributed by atoms with E-state index in [0.717, 1.165) is 32.1 Å². The molecule has 4 unspecified atom stereocenters. The molecule has 0 aliphatic heterocycles. The molecular formula is C20H30O5. The zero-order valence-electron chi connectivity index (χ0n) is 15.5. The Kier molecular flexibility index (Phi) is 4.71. The van der Waals surface area contributed by atoms with E-state index in [-0.39, 0.29) is 35.6 Å². The Balaban J connectivity index is 1.83. The minimum absolute atomic E-state index is 0.000925. The molecule has 0 bridgehead atoms. The maximum atomic E-state index is 12.7. The third-order valence-electron chi connectivity index (χ3n) is 7.68. The number of Topliss-reactive ketones (excluding diaryl/α,β-unsaturated/α-hetero) is 1. The second-order valence-corrected chi connectivity index (χ2v) is 8.87. The van der Waals surface area contributed by atoms with Crippen molar-refractivity contribution in [3.8, 4) is 0 Å². The van der Waals surface area contributed by atoms with Gasteiger partial charge in [-0.15, -0.1) is 0 Å². The predicted octanol–water partition coefficient (Wildman–Crippen LogP) is 3.59. The van der Waals surface area contributed by atoms with Gasteiger partial charge in [-0.05, 0) is 56.3 Å². The quantitative estimate of drug-likeness (QED) is 0.784. The van der Waals surface area contributed by atoms with Crippen molar-refractivity contribution in [3.05, 3.63) is 0 Å². The van der Waals surface area contributed by atoms with Gasteiger partial charge in [0.05, 0.1) is 0 Å². The van der Waals surface area contributed by atoms with E-state index in [9.17, 15) is 14.4 Å². The molecule has 0 aromatic carbocycles. The molecule has 140 valence electrons. The van der Waals surface area contributed by atoms with E-state index in [1.165, 1.54) is 6.92 Å². The Morgan fingerprint density at radius 1 is 1.16 bits per heavy atom. The van der Waals surface area contributed by atoms with Crippen molar-refractivity contribution in [2.75, 3.05) is 0 Å². The Morgan fingerprint density at radius 2 is 1.88 bits per heavy atom. The first-order chi connectivity index (χ1) is 11.7. The second-order valence-electron chi connectivity index (χ2n) is 8.87. The normalized spacial score (nSPS) is 43.2. The van der Waals surface area contributed by atoms with E-state index < -0.39 is 11.4 Å². The zero-order valence-corrected chi connectivity index (χ0v) is 15.5. The van der Waals surface area contributed by atoms with Gasteiger partial charge < -0.3 is 9.84 Å². The third-order valence-corrected chi connectivity index (χ3v) is 7.68. The lowest BCUT2D eigenvalue weighted by Crippen LogP contribution is -2.53. The molecule has 1 N–H and O–H groups in total. The lowest BCUT2D eigenvalue weighted by molar-refractivity contribution is -0.160. The third kappa shape index (κ3) is 3.00. The van der Waals surface area contributed by atoms with Gasteiger partial charge in [0, 0.05) is 30.6 Å². The highest BCUT2D eigenvalue weighted by molar-refractivity contribution is 5.86. The van der Waals surface area contributed by atoms with Crippen molar-refractivity contribution >= 4 is 17.7 Å². The van der Waals surface area contributed by atoms with Crippen LogP contribution in [-0.2, 0) is 19.1 Å². The summed E-state index contributed by atoms with van der Waals surface area (Å²) in [4.78, 5) is 35.2. The highest BCUT2D eigenvalue weighted by Crippen LogP contribution is 2.63. The van der Waals surface area contributed by atoms with Crippen molar-refractivity contribution in [3.63, 3.8) is 0 Å². The van der Waals surface area contributed by atoms with Gasteiger partial charge in [0.1, 0.15) is 11.9 Å². The molecule has 5 heteroatoms. The summed E-state index contributed by atoms with van der Waals surface area (Å²) in [5.41, 5.74) is -0.511. The molecule has 0 radical (unpaired) electrons. The van der Waals surface area contributed by atoms with Crippen LogP contribution in [0.1, 0.15) is 72.1 Å². The fourth-order valence-electron chi connectivity index (χ4n) is 6.31. The van der Waals surface area contributed by atoms with Crippen LogP contribution in [0.5, 0.6) is 0 Å². The number of rotatable bonds is 4. The molecule has 6 atom stereocenters. The van der Waals surface area contributed by atoms with Crippen LogP contribution in [0.4, 0.5) is 0 Å². The zero-order chi connectivity index (χ0) is 18.4. The number of esters is 1. The number of hydrogen-bond acceptors (Lipinski definition) is 4. The van der Waals surface area contributed by atoms with Crippen molar-refractivity contribution in [2.24, 2.45) is 28.6 Å². The van der Waals surface area contributed by atoms with Crippen LogP contribution in [0.15, 0.2) is 0 Å². The molecule has 25 heavy (non-hydrogen) atoms. The number of carbonyl (C=O) groups excluding carboxylic acids is 2. The van der Waals surface area contributed by atoms with Crippen molar-refractivity contribution < 1.29 is 24.2 Å². The topological polar surface area (TPSA) is 80.7 Å². The lowest BCUT2D eigenvalue weighted by atomic mass is 9.49. The van der Waals surface area contributed by atoms with E-state index in [4.69, 9.17) is 9.84 Å². The number of carbonyl (C=O) groups is 3. The van der Waals surface area contributed by atoms with Gasteiger partial charge in [-0.2, -0.15) is 0 Å². The molecule has 0 amide bonds. The van der Waals surface area contributed by atoms with Crippen LogP contribution >= 0.6 is 0 Å². The highest BCUT2D eigenvalue weighted by Gasteiger charge is 2.60. The number of carboxylic acids is 1. The summed E-state index contributed by atoms with van der Waals surface area (Å²) >= 11 is 0. The van der Waals surface area contributed by atoms with E-state index >= 15 is 0 Å². The van der Waals surface area contributed by atoms with E-state index in [1.54, 1.807) is 0 Å². The monoisotopic (exact) mass is 350 g/mol. The molecule has 0 spiro atoms. The van der Waals surface area contributed by atoms with E-state index in [1.807, 2.05) is 6.92 Å². The maximum absolute atomic E-state index is 12.7. The number of ether oxygens (including phenoxy) is 1. The number of aliphatic carboxylic acids is 1. The standard InChI is InChI=1S/C20H30O5/c1-12(21)25-17-7-5-14-13-4-6-16(22)19(2,11-9-18(23)24)15(13)8-10-20(14,17)3/h13-15,17H,4-11H2,1-3H3,(H,23,24)/t13?,14?,15?,17-,19+,20?/m0/s1. The first kappa shape index (κ1) is 18.4. The minimum atomic E-state index is -0.826. The van der Waals surface area contributed by atoms with Gasteiger partial charge in [-0.3, -0.25) is 14.4 Å². The molecule has 0 aromatic heterocycles. The summed E-state index contributed by atoms with van der Waals surface area (Å²) in [6, 6.07) is 0. The SMILES string of the molecule is CC(=O)O[C@H]1CCC2C3CCC(=O)[C@](C)(CCC(=O)O)C3CCC21C. The Hall–Kier alpha value is -1.39. The molecule has 3 rings (SSSR count). The maximum Gasteiger partial charge on any atom is 0.303 e. The summed E-state index contributed by atoms with van der Waals surface area (Å²) in [6.45, 7) is 5.72. The average molecular weight is 350 g/mol. The second kappa shape index (κ2) is 6.40. The van der Waals surface area contributed by atoms with Gasteiger partial charge in [0.2, 0.25) is 0 Å². The first-order valence-corrected chi connectivity index (χ1v) is 9.61. The van der Waals surface area contributed by atoms with E-state index in [2.05, 4.69) is 6.92 Å². The molecule has 3 saturated carbocycles. The lowest BCUT2D eigenvalue weighted by Gasteiger charge is -2.55. The summed E-state index contributed by atoms with van der Waals surface area (Å²) in [6.07, 6.45) is 5.77. The average Bonchev–Trinajstić information content (AvgIpc) is 2.85. The number of ketones is 1. The van der Waals surface area contributed by atoms with Crippen molar-refractivity contribution in [1.82, 2.24) is 0 Å². The van der Waals surface area contributed by atoms with Crippen LogP contribution in [0.3, 0.4) is 0 Å². The van der Waals surface area contributed by atoms with Crippen LogP contribution in [-0.4, -0.2) is 28.9 Å². The van der Waals surface area contributed by atoms with Gasteiger partial charge >= 0.3 is 11.9 Å². The van der Waals surface area contributed by atoms with Gasteiger partial charge in [0.15, 0.2) is 0 Å². The summed E-state index contributed by atoms with van der Waals surface area (Å²) in [5.74, 6) is 0.380. The van der Waals surface area contributed by atoms with Crippen molar-refractivity contribution in [1.29, 1.82) is 0 Å².